The predicted molar refractivity (Wildman–Crippen MR) is 124 cm³/mol. The van der Waals surface area contributed by atoms with Crippen LogP contribution in [0.4, 0.5) is 5.69 Å². The average molecular weight is 430 g/mol. The summed E-state index contributed by atoms with van der Waals surface area (Å²) in [6.45, 7) is 8.74. The fourth-order valence-electron chi connectivity index (χ4n) is 3.71. The van der Waals surface area contributed by atoms with Gasteiger partial charge in [-0.15, -0.1) is 0 Å². The van der Waals surface area contributed by atoms with Gasteiger partial charge in [-0.1, -0.05) is 48.5 Å². The van der Waals surface area contributed by atoms with Gasteiger partial charge in [-0.25, -0.2) is 0 Å². The van der Waals surface area contributed by atoms with Gasteiger partial charge in [0.1, 0.15) is 18.1 Å². The Hall–Kier alpha value is -3.80. The Morgan fingerprint density at radius 1 is 0.969 bits per heavy atom. The number of nitrogens with one attached hydrogen (secondary N) is 1. The summed E-state index contributed by atoms with van der Waals surface area (Å²) >= 11 is 0. The third-order valence-electron chi connectivity index (χ3n) is 5.45. The fourth-order valence-corrected chi connectivity index (χ4v) is 3.71. The van der Waals surface area contributed by atoms with Crippen LogP contribution in [0.5, 0.6) is 5.75 Å². The molecule has 6 heteroatoms. The molecule has 1 amide bonds. The Bertz CT molecular complexity index is 1220. The lowest BCUT2D eigenvalue weighted by Gasteiger charge is -2.10. The van der Waals surface area contributed by atoms with Crippen LogP contribution >= 0.6 is 0 Å². The van der Waals surface area contributed by atoms with Crippen molar-refractivity contribution in [2.24, 2.45) is 0 Å². The average Bonchev–Trinajstić information content (AvgIpc) is 3.35. The van der Waals surface area contributed by atoms with Gasteiger partial charge in [-0.05, 0) is 56.5 Å². The van der Waals surface area contributed by atoms with Crippen molar-refractivity contribution in [3.8, 4) is 5.75 Å². The zero-order chi connectivity index (χ0) is 22.7. The molecule has 164 valence electrons. The molecule has 0 saturated carbocycles. The minimum absolute atomic E-state index is 0.236. The number of furan rings is 1. The molecule has 0 bridgehead atoms. The van der Waals surface area contributed by atoms with E-state index < -0.39 is 0 Å². The molecular weight excluding hydrogens is 402 g/mol. The quantitative estimate of drug-likeness (QED) is 0.416. The van der Waals surface area contributed by atoms with E-state index in [4.69, 9.17) is 9.15 Å². The van der Waals surface area contributed by atoms with E-state index in [-0.39, 0.29) is 18.3 Å². The van der Waals surface area contributed by atoms with E-state index in [0.29, 0.717) is 18.0 Å². The summed E-state index contributed by atoms with van der Waals surface area (Å²) in [6.07, 6.45) is 0. The zero-order valence-corrected chi connectivity index (χ0v) is 18.8. The number of anilines is 1. The Kier molecular flexibility index (Phi) is 6.12. The van der Waals surface area contributed by atoms with Gasteiger partial charge in [0.05, 0.1) is 23.6 Å². The number of hydrogen-bond donors (Lipinski definition) is 1. The van der Waals surface area contributed by atoms with E-state index in [9.17, 15) is 4.79 Å². The van der Waals surface area contributed by atoms with Crippen LogP contribution in [0.2, 0.25) is 0 Å². The van der Waals surface area contributed by atoms with E-state index in [1.165, 1.54) is 0 Å². The number of para-hydroxylation sites is 1. The Labute approximate surface area is 187 Å². The molecule has 0 aliphatic heterocycles. The van der Waals surface area contributed by atoms with Gasteiger partial charge in [-0.2, -0.15) is 5.10 Å². The standard InChI is InChI=1S/C26H27N3O3/c1-17-9-8-10-18(2)25(17)31-16-22-13-14-23(32-22)26(30)27-24-19(3)28-29(20(24)4)15-21-11-6-5-7-12-21/h5-14H,15-16H2,1-4H3,(H,27,30). The van der Waals surface area contributed by atoms with E-state index in [1.54, 1.807) is 12.1 Å². The lowest BCUT2D eigenvalue weighted by Crippen LogP contribution is -2.12. The van der Waals surface area contributed by atoms with Crippen LogP contribution in [0.3, 0.4) is 0 Å². The number of carbonyl (C=O) groups is 1. The van der Waals surface area contributed by atoms with Crippen molar-refractivity contribution in [1.29, 1.82) is 0 Å². The molecule has 0 atom stereocenters. The van der Waals surface area contributed by atoms with E-state index in [1.807, 2.05) is 68.8 Å². The van der Waals surface area contributed by atoms with Crippen LogP contribution in [-0.2, 0) is 13.2 Å². The summed E-state index contributed by atoms with van der Waals surface area (Å²) in [6, 6.07) is 19.5. The van der Waals surface area contributed by atoms with E-state index in [2.05, 4.69) is 22.5 Å². The number of aromatic nitrogens is 2. The number of amides is 1. The van der Waals surface area contributed by atoms with Crippen LogP contribution in [-0.4, -0.2) is 15.7 Å². The summed E-state index contributed by atoms with van der Waals surface area (Å²) < 4.78 is 13.6. The van der Waals surface area contributed by atoms with Gasteiger partial charge in [0, 0.05) is 0 Å². The highest BCUT2D eigenvalue weighted by Gasteiger charge is 2.18. The van der Waals surface area contributed by atoms with Crippen molar-refractivity contribution >= 4 is 11.6 Å². The highest BCUT2D eigenvalue weighted by atomic mass is 16.5. The normalized spacial score (nSPS) is 10.9. The molecule has 1 N–H and O–H groups in total. The molecule has 6 nitrogen and oxygen atoms in total. The number of carbonyl (C=O) groups excluding carboxylic acids is 1. The molecule has 4 aromatic rings. The summed E-state index contributed by atoms with van der Waals surface area (Å²) in [7, 11) is 0. The Balaban J connectivity index is 1.43. The summed E-state index contributed by atoms with van der Waals surface area (Å²) in [5.41, 5.74) is 5.63. The van der Waals surface area contributed by atoms with Gasteiger partial charge in [-0.3, -0.25) is 9.48 Å². The first-order valence-corrected chi connectivity index (χ1v) is 10.6. The first-order chi connectivity index (χ1) is 15.4. The Morgan fingerprint density at radius 3 is 2.41 bits per heavy atom. The molecule has 0 fully saturated rings. The van der Waals surface area contributed by atoms with Crippen LogP contribution in [0.25, 0.3) is 0 Å². The maximum absolute atomic E-state index is 12.8. The second-order valence-corrected chi connectivity index (χ2v) is 7.92. The summed E-state index contributed by atoms with van der Waals surface area (Å²) in [5, 5.41) is 7.54. The van der Waals surface area contributed by atoms with E-state index in [0.717, 1.165) is 33.8 Å². The molecule has 2 aromatic carbocycles. The minimum atomic E-state index is -0.311. The largest absolute Gasteiger partial charge is 0.485 e. The lowest BCUT2D eigenvalue weighted by molar-refractivity contribution is 0.0992. The fraction of sp³-hybridized carbons (Fsp3) is 0.231. The highest BCUT2D eigenvalue weighted by molar-refractivity contribution is 6.02. The second-order valence-electron chi connectivity index (χ2n) is 7.92. The molecular formula is C26H27N3O3. The topological polar surface area (TPSA) is 69.3 Å². The van der Waals surface area contributed by atoms with Crippen LogP contribution in [0.1, 0.15) is 44.4 Å². The first kappa shape index (κ1) is 21.4. The first-order valence-electron chi connectivity index (χ1n) is 10.6. The monoisotopic (exact) mass is 429 g/mol. The molecule has 0 unspecified atom stereocenters. The number of ether oxygens (including phenoxy) is 1. The van der Waals surface area contributed by atoms with Gasteiger partial charge < -0.3 is 14.5 Å². The van der Waals surface area contributed by atoms with Crippen molar-refractivity contribution < 1.29 is 13.9 Å². The third kappa shape index (κ3) is 4.59. The minimum Gasteiger partial charge on any atom is -0.485 e. The van der Waals surface area contributed by atoms with Gasteiger partial charge >= 0.3 is 0 Å². The van der Waals surface area contributed by atoms with Crippen molar-refractivity contribution in [2.45, 2.75) is 40.8 Å². The number of benzene rings is 2. The zero-order valence-electron chi connectivity index (χ0n) is 18.8. The molecule has 0 aliphatic rings. The Morgan fingerprint density at radius 2 is 1.69 bits per heavy atom. The number of aryl methyl sites for hydroxylation is 3. The molecule has 2 aromatic heterocycles. The molecule has 0 radical (unpaired) electrons. The smallest absolute Gasteiger partial charge is 0.291 e. The highest BCUT2D eigenvalue weighted by Crippen LogP contribution is 2.25. The number of hydrogen-bond acceptors (Lipinski definition) is 4. The van der Waals surface area contributed by atoms with Crippen molar-refractivity contribution in [2.75, 3.05) is 5.32 Å². The van der Waals surface area contributed by atoms with Crippen molar-refractivity contribution in [3.63, 3.8) is 0 Å². The molecule has 32 heavy (non-hydrogen) atoms. The van der Waals surface area contributed by atoms with Crippen molar-refractivity contribution in [3.05, 3.63) is 100 Å². The maximum Gasteiger partial charge on any atom is 0.291 e. The maximum atomic E-state index is 12.8. The summed E-state index contributed by atoms with van der Waals surface area (Å²) in [5.74, 6) is 1.35. The molecule has 4 rings (SSSR count). The van der Waals surface area contributed by atoms with Crippen LogP contribution in [0.15, 0.2) is 65.1 Å². The second kappa shape index (κ2) is 9.14. The van der Waals surface area contributed by atoms with Crippen molar-refractivity contribution in [1.82, 2.24) is 9.78 Å². The number of nitrogens with zero attached hydrogens (tertiary/aromatic N) is 2. The van der Waals surface area contributed by atoms with Crippen LogP contribution < -0.4 is 10.1 Å². The summed E-state index contributed by atoms with van der Waals surface area (Å²) in [4.78, 5) is 12.8. The van der Waals surface area contributed by atoms with Gasteiger partial charge in [0.15, 0.2) is 5.76 Å². The SMILES string of the molecule is Cc1cccc(C)c1OCc1ccc(C(=O)Nc2c(C)nn(Cc3ccccc3)c2C)o1. The van der Waals surface area contributed by atoms with Gasteiger partial charge in [0.25, 0.3) is 5.91 Å². The third-order valence-corrected chi connectivity index (χ3v) is 5.45. The number of rotatable bonds is 7. The predicted octanol–water partition coefficient (Wildman–Crippen LogP) is 5.59. The molecule has 0 saturated heterocycles. The van der Waals surface area contributed by atoms with E-state index >= 15 is 0 Å². The lowest BCUT2D eigenvalue weighted by atomic mass is 10.1. The molecule has 0 aliphatic carbocycles. The molecule has 2 heterocycles. The molecule has 0 spiro atoms. The van der Waals surface area contributed by atoms with Gasteiger partial charge in [0.2, 0.25) is 0 Å². The van der Waals surface area contributed by atoms with Crippen LogP contribution in [0, 0.1) is 27.7 Å².